The number of carboxylic acid groups (broad SMARTS) is 1. The van der Waals surface area contributed by atoms with Gasteiger partial charge in [-0.2, -0.15) is 0 Å². The molecule has 0 radical (unpaired) electrons. The predicted molar refractivity (Wildman–Crippen MR) is 56.8 cm³/mol. The topological polar surface area (TPSA) is 40.5 Å². The number of halogens is 1. The molecule has 82 valence electrons. The molecule has 1 aliphatic rings. The summed E-state index contributed by atoms with van der Waals surface area (Å²) in [6.07, 6.45) is 4.69. The molecule has 1 N–H and O–H groups in total. The summed E-state index contributed by atoms with van der Waals surface area (Å²) >= 11 is 5.73. The van der Waals surface area contributed by atoms with Crippen molar-refractivity contribution in [3.8, 4) is 0 Å². The van der Waals surface area contributed by atoms with Crippen molar-refractivity contribution in [3.63, 3.8) is 0 Å². The third kappa shape index (κ3) is 3.14. The monoisotopic (exact) mass is 219 g/mol. The van der Waals surface area contributed by atoms with E-state index in [2.05, 4.69) is 11.8 Å². The molecule has 0 aromatic rings. The molecule has 1 fully saturated rings. The van der Waals surface area contributed by atoms with Crippen LogP contribution in [0.4, 0.5) is 0 Å². The molecule has 14 heavy (non-hydrogen) atoms. The average molecular weight is 220 g/mol. The van der Waals surface area contributed by atoms with E-state index in [1.54, 1.807) is 0 Å². The average Bonchev–Trinajstić information content (AvgIpc) is 2.18. The Bertz CT molecular complexity index is 199. The first-order valence-electron chi connectivity index (χ1n) is 5.26. The van der Waals surface area contributed by atoms with E-state index in [-0.39, 0.29) is 0 Å². The zero-order valence-electron chi connectivity index (χ0n) is 8.58. The molecule has 0 amide bonds. The van der Waals surface area contributed by atoms with Crippen LogP contribution in [0.2, 0.25) is 0 Å². The maximum Gasteiger partial charge on any atom is 0.322 e. The number of alkyl halides is 1. The number of carboxylic acids is 1. The van der Waals surface area contributed by atoms with Crippen molar-refractivity contribution in [2.75, 3.05) is 13.1 Å². The summed E-state index contributed by atoms with van der Waals surface area (Å²) < 4.78 is 0. The highest BCUT2D eigenvalue weighted by atomic mass is 35.5. The molecule has 0 aromatic carbocycles. The van der Waals surface area contributed by atoms with E-state index in [0.29, 0.717) is 12.6 Å². The fraction of sp³-hybridized carbons (Fsp3) is 0.900. The quantitative estimate of drug-likeness (QED) is 0.735. The van der Waals surface area contributed by atoms with E-state index < -0.39 is 11.3 Å². The van der Waals surface area contributed by atoms with Crippen LogP contribution in [0.3, 0.4) is 0 Å². The third-order valence-electron chi connectivity index (χ3n) is 2.88. The number of hydrogen-bond acceptors (Lipinski definition) is 2. The van der Waals surface area contributed by atoms with E-state index in [1.165, 1.54) is 19.3 Å². The van der Waals surface area contributed by atoms with Gasteiger partial charge in [0.1, 0.15) is 5.38 Å². The lowest BCUT2D eigenvalue weighted by molar-refractivity contribution is -0.137. The van der Waals surface area contributed by atoms with E-state index in [9.17, 15) is 4.79 Å². The van der Waals surface area contributed by atoms with Gasteiger partial charge < -0.3 is 5.11 Å². The normalized spacial score (nSPS) is 26.0. The second-order valence-electron chi connectivity index (χ2n) is 3.86. The lowest BCUT2D eigenvalue weighted by Gasteiger charge is -2.35. The van der Waals surface area contributed by atoms with Gasteiger partial charge in [-0.1, -0.05) is 13.3 Å². The molecule has 2 atom stereocenters. The van der Waals surface area contributed by atoms with Gasteiger partial charge in [0.2, 0.25) is 0 Å². The van der Waals surface area contributed by atoms with Crippen molar-refractivity contribution < 1.29 is 9.90 Å². The smallest absolute Gasteiger partial charge is 0.322 e. The molecule has 1 rings (SSSR count). The first-order valence-corrected chi connectivity index (χ1v) is 5.69. The third-order valence-corrected chi connectivity index (χ3v) is 3.21. The van der Waals surface area contributed by atoms with Crippen LogP contribution in [-0.2, 0) is 4.79 Å². The second kappa shape index (κ2) is 5.56. The van der Waals surface area contributed by atoms with Gasteiger partial charge in [-0.25, -0.2) is 0 Å². The maximum absolute atomic E-state index is 10.6. The van der Waals surface area contributed by atoms with Crippen molar-refractivity contribution in [1.29, 1.82) is 0 Å². The number of carbonyl (C=O) groups is 1. The standard InChI is InChI=1S/C10H18ClNO2/c1-2-8-5-3-4-6-12(8)7-9(11)10(13)14/h8-9H,2-7H2,1H3,(H,13,14). The number of hydrogen-bond donors (Lipinski definition) is 1. The summed E-state index contributed by atoms with van der Waals surface area (Å²) in [6.45, 7) is 3.62. The summed E-state index contributed by atoms with van der Waals surface area (Å²) in [7, 11) is 0. The first kappa shape index (κ1) is 11.8. The van der Waals surface area contributed by atoms with Gasteiger partial charge in [-0.15, -0.1) is 11.6 Å². The van der Waals surface area contributed by atoms with Crippen LogP contribution < -0.4 is 0 Å². The van der Waals surface area contributed by atoms with Crippen molar-refractivity contribution in [1.82, 2.24) is 4.90 Å². The lowest BCUT2D eigenvalue weighted by Crippen LogP contribution is -2.43. The van der Waals surface area contributed by atoms with Crippen molar-refractivity contribution in [2.45, 2.75) is 44.0 Å². The van der Waals surface area contributed by atoms with E-state index >= 15 is 0 Å². The van der Waals surface area contributed by atoms with Gasteiger partial charge >= 0.3 is 5.97 Å². The number of nitrogens with zero attached hydrogens (tertiary/aromatic N) is 1. The van der Waals surface area contributed by atoms with E-state index in [0.717, 1.165) is 13.0 Å². The summed E-state index contributed by atoms with van der Waals surface area (Å²) in [5.74, 6) is -0.910. The van der Waals surface area contributed by atoms with Crippen LogP contribution in [0.15, 0.2) is 0 Å². The van der Waals surface area contributed by atoms with Gasteiger partial charge in [-0.3, -0.25) is 9.69 Å². The minimum Gasteiger partial charge on any atom is -0.480 e. The van der Waals surface area contributed by atoms with Gasteiger partial charge in [-0.05, 0) is 25.8 Å². The molecule has 0 saturated carbocycles. The summed E-state index contributed by atoms with van der Waals surface area (Å²) in [5, 5.41) is 7.95. The second-order valence-corrected chi connectivity index (χ2v) is 4.39. The molecule has 3 nitrogen and oxygen atoms in total. The molecule has 0 aliphatic carbocycles. The number of piperidine rings is 1. The van der Waals surface area contributed by atoms with Gasteiger partial charge in [0.05, 0.1) is 0 Å². The van der Waals surface area contributed by atoms with Gasteiger partial charge in [0, 0.05) is 12.6 Å². The van der Waals surface area contributed by atoms with Gasteiger partial charge in [0.15, 0.2) is 0 Å². The molecule has 0 spiro atoms. The van der Waals surface area contributed by atoms with E-state index in [1.807, 2.05) is 0 Å². The Hall–Kier alpha value is -0.280. The van der Waals surface area contributed by atoms with Crippen LogP contribution in [-0.4, -0.2) is 40.5 Å². The zero-order chi connectivity index (χ0) is 10.6. The van der Waals surface area contributed by atoms with Crippen LogP contribution in [0.1, 0.15) is 32.6 Å². The Morgan fingerprint density at radius 2 is 2.36 bits per heavy atom. The zero-order valence-corrected chi connectivity index (χ0v) is 9.33. The van der Waals surface area contributed by atoms with Crippen LogP contribution in [0, 0.1) is 0 Å². The molecular weight excluding hydrogens is 202 g/mol. The van der Waals surface area contributed by atoms with Crippen LogP contribution in [0.5, 0.6) is 0 Å². The fourth-order valence-corrected chi connectivity index (χ4v) is 2.22. The van der Waals surface area contributed by atoms with Crippen molar-refractivity contribution >= 4 is 17.6 Å². The predicted octanol–water partition coefficient (Wildman–Crippen LogP) is 1.94. The number of aliphatic carboxylic acids is 1. The molecule has 0 bridgehead atoms. The largest absolute Gasteiger partial charge is 0.480 e. The Balaban J connectivity index is 2.44. The molecule has 4 heteroatoms. The van der Waals surface area contributed by atoms with Crippen molar-refractivity contribution in [3.05, 3.63) is 0 Å². The van der Waals surface area contributed by atoms with Crippen LogP contribution in [0.25, 0.3) is 0 Å². The highest BCUT2D eigenvalue weighted by molar-refractivity contribution is 6.29. The Labute approximate surface area is 90.0 Å². The molecule has 2 unspecified atom stereocenters. The van der Waals surface area contributed by atoms with Crippen LogP contribution >= 0.6 is 11.6 Å². The minimum atomic E-state index is -0.910. The number of rotatable bonds is 4. The Kier molecular flexibility index (Phi) is 4.69. The Morgan fingerprint density at radius 3 is 2.93 bits per heavy atom. The van der Waals surface area contributed by atoms with Crippen molar-refractivity contribution in [2.24, 2.45) is 0 Å². The Morgan fingerprint density at radius 1 is 1.64 bits per heavy atom. The fourth-order valence-electron chi connectivity index (χ4n) is 2.05. The SMILES string of the molecule is CCC1CCCCN1CC(Cl)C(=O)O. The van der Waals surface area contributed by atoms with Gasteiger partial charge in [0.25, 0.3) is 0 Å². The molecule has 1 heterocycles. The number of likely N-dealkylation sites (tertiary alicyclic amines) is 1. The highest BCUT2D eigenvalue weighted by Crippen LogP contribution is 2.20. The molecule has 1 saturated heterocycles. The minimum absolute atomic E-state index is 0.482. The van der Waals surface area contributed by atoms with E-state index in [4.69, 9.17) is 16.7 Å². The first-order chi connectivity index (χ1) is 6.65. The summed E-state index contributed by atoms with van der Waals surface area (Å²) in [4.78, 5) is 12.8. The molecular formula is C10H18ClNO2. The molecule has 1 aliphatic heterocycles. The maximum atomic E-state index is 10.6. The summed E-state index contributed by atoms with van der Waals surface area (Å²) in [5.41, 5.74) is 0. The lowest BCUT2D eigenvalue weighted by atomic mass is 10.00. The highest BCUT2D eigenvalue weighted by Gasteiger charge is 2.25. The summed E-state index contributed by atoms with van der Waals surface area (Å²) in [6, 6.07) is 0.532. The molecule has 0 aromatic heterocycles.